The van der Waals surface area contributed by atoms with E-state index in [2.05, 4.69) is 91.1 Å². The van der Waals surface area contributed by atoms with Gasteiger partial charge in [-0.05, 0) is 50.6 Å². The molecule has 0 saturated carbocycles. The topological polar surface area (TPSA) is 46.0 Å². The number of hydrogen-bond acceptors (Lipinski definition) is 3. The van der Waals surface area contributed by atoms with E-state index in [0.717, 1.165) is 50.1 Å². The fourth-order valence-corrected chi connectivity index (χ4v) is 6.77. The van der Waals surface area contributed by atoms with Gasteiger partial charge in [-0.3, -0.25) is 4.98 Å². The van der Waals surface area contributed by atoms with Crippen molar-refractivity contribution in [2.24, 2.45) is 0 Å². The standard InChI is InChI=1S/C47H45N5O.Pt/c1-45(2,3)31-22-24-48-43(27-31)52-41-19-14-23-49-44(41)36-21-20-34(29-42(36)52)53-35-26-32(46(4,5)6)25-33(28-35)50-30-51(40-18-13-12-17-39(40)50)38-16-11-10-15-37(38)47(7,8)9;/h10-27H,1-9H3;/q;+2/i12D,13D,17D,18D;. The first-order valence-corrected chi connectivity index (χ1v) is 17.9. The van der Waals surface area contributed by atoms with Gasteiger partial charge in [0, 0.05) is 53.1 Å². The first-order valence-electron chi connectivity index (χ1n) is 19.9. The van der Waals surface area contributed by atoms with Gasteiger partial charge in [0.05, 0.1) is 11.0 Å². The van der Waals surface area contributed by atoms with E-state index in [1.165, 1.54) is 0 Å². The van der Waals surface area contributed by atoms with E-state index >= 15 is 0 Å². The maximum absolute atomic E-state index is 9.13. The van der Waals surface area contributed by atoms with Crippen molar-refractivity contribution < 1.29 is 31.3 Å². The molecule has 0 fully saturated rings. The molecule has 0 spiro atoms. The summed E-state index contributed by atoms with van der Waals surface area (Å²) in [4.78, 5) is 9.53. The van der Waals surface area contributed by atoms with Crippen LogP contribution in [-0.2, 0) is 37.3 Å². The van der Waals surface area contributed by atoms with E-state index in [0.29, 0.717) is 22.9 Å². The second-order valence-corrected chi connectivity index (χ2v) is 16.6. The van der Waals surface area contributed by atoms with Crippen LogP contribution < -0.4 is 13.9 Å². The number of nitrogens with zero attached hydrogens (tertiary/aromatic N) is 5. The normalized spacial score (nSPS) is 14.1. The summed E-state index contributed by atoms with van der Waals surface area (Å²) in [5.74, 6) is 1.64. The third-order valence-electron chi connectivity index (χ3n) is 9.65. The Morgan fingerprint density at radius 2 is 1.41 bits per heavy atom. The molecule has 0 radical (unpaired) electrons. The van der Waals surface area contributed by atoms with Crippen molar-refractivity contribution >= 4 is 50.7 Å². The molecule has 1 aliphatic rings. The molecule has 0 amide bonds. The van der Waals surface area contributed by atoms with Crippen LogP contribution in [-0.4, -0.2) is 20.5 Å². The number of para-hydroxylation sites is 3. The van der Waals surface area contributed by atoms with E-state index in [-0.39, 0.29) is 67.2 Å². The predicted molar refractivity (Wildman–Crippen MR) is 217 cm³/mol. The molecule has 7 heteroatoms. The maximum Gasteiger partial charge on any atom is 2.00 e. The molecular weight excluding hydrogens is 846 g/mol. The van der Waals surface area contributed by atoms with Gasteiger partial charge in [0.2, 0.25) is 5.69 Å². The molecule has 4 aromatic carbocycles. The van der Waals surface area contributed by atoms with Crippen LogP contribution in [0.5, 0.6) is 11.5 Å². The van der Waals surface area contributed by atoms with Crippen LogP contribution in [0.4, 0.5) is 22.7 Å². The smallest absolute Gasteiger partial charge is 0.509 e. The summed E-state index contributed by atoms with van der Waals surface area (Å²) < 4.78 is 47.7. The molecular formula is C47H45N5OPt+2. The Morgan fingerprint density at radius 3 is 2.13 bits per heavy atom. The summed E-state index contributed by atoms with van der Waals surface area (Å²) in [5, 5.41) is 0.914. The Morgan fingerprint density at radius 1 is 0.685 bits per heavy atom. The van der Waals surface area contributed by atoms with Crippen LogP contribution in [0.25, 0.3) is 27.8 Å². The van der Waals surface area contributed by atoms with E-state index < -0.39 is 0 Å². The molecule has 0 aliphatic carbocycles. The number of fused-ring (bicyclic) bond motifs is 4. The van der Waals surface area contributed by atoms with Gasteiger partial charge >= 0.3 is 27.1 Å². The number of aromatic nitrogens is 3. The molecule has 7 aromatic rings. The zero-order chi connectivity index (χ0) is 40.8. The van der Waals surface area contributed by atoms with E-state index in [1.807, 2.05) is 72.9 Å². The Hall–Kier alpha value is -5.15. The molecule has 4 heterocycles. The average Bonchev–Trinajstić information content (AvgIpc) is 3.72. The summed E-state index contributed by atoms with van der Waals surface area (Å²) in [6, 6.07) is 33.3. The monoisotopic (exact) mass is 894 g/mol. The van der Waals surface area contributed by atoms with Gasteiger partial charge < -0.3 is 9.30 Å². The Labute approximate surface area is 338 Å². The van der Waals surface area contributed by atoms with Crippen LogP contribution >= 0.6 is 0 Å². The third kappa shape index (κ3) is 6.74. The van der Waals surface area contributed by atoms with Crippen LogP contribution in [0.2, 0.25) is 0 Å². The Bertz CT molecular complexity index is 2870. The number of benzene rings is 4. The van der Waals surface area contributed by atoms with Gasteiger partial charge in [-0.15, -0.1) is 23.8 Å². The van der Waals surface area contributed by atoms with Crippen molar-refractivity contribution in [1.82, 2.24) is 23.7 Å². The molecule has 54 heavy (non-hydrogen) atoms. The Kier molecular flexibility index (Phi) is 8.14. The van der Waals surface area contributed by atoms with Gasteiger partial charge in [0.25, 0.3) is 11.4 Å². The van der Waals surface area contributed by atoms with Crippen LogP contribution in [0.3, 0.4) is 0 Å². The fourth-order valence-electron chi connectivity index (χ4n) is 6.77. The van der Waals surface area contributed by atoms with Crippen LogP contribution in [0, 0.1) is 12.1 Å². The minimum atomic E-state index is -0.325. The summed E-state index contributed by atoms with van der Waals surface area (Å²) in [7, 11) is 0. The minimum absolute atomic E-state index is 0. The molecule has 1 aliphatic heterocycles. The second kappa shape index (κ2) is 13.6. The fraction of sp³-hybridized carbons (Fsp3) is 0.255. The number of rotatable bonds is 5. The minimum Gasteiger partial charge on any atom is -0.509 e. The summed E-state index contributed by atoms with van der Waals surface area (Å²) in [6.07, 6.45) is 3.63. The third-order valence-corrected chi connectivity index (χ3v) is 9.65. The molecule has 272 valence electrons. The number of hydrogen-bond donors (Lipinski definition) is 0. The van der Waals surface area contributed by atoms with Crippen molar-refractivity contribution in [2.45, 2.75) is 78.6 Å². The molecule has 8 rings (SSSR count). The molecule has 0 N–H and O–H groups in total. The van der Waals surface area contributed by atoms with Crippen molar-refractivity contribution in [3.05, 3.63) is 138 Å². The number of pyridine rings is 2. The zero-order valence-corrected chi connectivity index (χ0v) is 34.3. The van der Waals surface area contributed by atoms with Crippen molar-refractivity contribution in [2.75, 3.05) is 0 Å². The quantitative estimate of drug-likeness (QED) is 0.128. The molecule has 0 unspecified atom stereocenters. The second-order valence-electron chi connectivity index (χ2n) is 16.6. The molecule has 0 bridgehead atoms. The summed E-state index contributed by atoms with van der Waals surface area (Å²) in [5.41, 5.74) is 6.84. The zero-order valence-electron chi connectivity index (χ0n) is 36.0. The van der Waals surface area contributed by atoms with Crippen molar-refractivity contribution in [3.63, 3.8) is 0 Å². The van der Waals surface area contributed by atoms with E-state index in [9.17, 15) is 0 Å². The molecule has 3 aromatic heterocycles. The first-order chi connectivity index (χ1) is 26.8. The largest absolute Gasteiger partial charge is 2.00 e. The van der Waals surface area contributed by atoms with Gasteiger partial charge in [-0.1, -0.05) is 120 Å². The van der Waals surface area contributed by atoms with E-state index in [4.69, 9.17) is 20.2 Å². The Balaban J connectivity index is 0.00000512. The predicted octanol–water partition coefficient (Wildman–Crippen LogP) is 11.7. The maximum atomic E-state index is 9.13. The molecule has 0 saturated heterocycles. The average molecular weight is 895 g/mol. The van der Waals surface area contributed by atoms with Crippen LogP contribution in [0.15, 0.2) is 109 Å². The van der Waals surface area contributed by atoms with E-state index in [1.54, 1.807) is 15.3 Å². The van der Waals surface area contributed by atoms with Crippen molar-refractivity contribution in [3.8, 4) is 17.3 Å². The summed E-state index contributed by atoms with van der Waals surface area (Å²) in [6.45, 7) is 19.2. The van der Waals surface area contributed by atoms with Crippen LogP contribution in [0.1, 0.15) is 84.5 Å². The first kappa shape index (κ1) is 32.3. The SMILES string of the molecule is [2H]c1c([2H])c([2H])c2c(c1[2H])[N+](c1[c-]c(Oc3[c-]c4c(cc3)c3ncccc3n4-c3cc(C(C)(C)C)ccn3)cc(C(C)(C)C)c1)=C=[N+]2c1ccccc1C(C)(C)C.[Pt+2]. The van der Waals surface area contributed by atoms with Gasteiger partial charge in [0.15, 0.2) is 0 Å². The van der Waals surface area contributed by atoms with Crippen molar-refractivity contribution in [1.29, 1.82) is 0 Å². The number of ether oxygens (including phenoxy) is 1. The van der Waals surface area contributed by atoms with Gasteiger partial charge in [0.1, 0.15) is 11.5 Å². The van der Waals surface area contributed by atoms with Gasteiger partial charge in [-0.25, -0.2) is 4.98 Å². The molecule has 6 nitrogen and oxygen atoms in total. The molecule has 0 atom stereocenters. The van der Waals surface area contributed by atoms with Gasteiger partial charge in [-0.2, -0.15) is 6.07 Å². The summed E-state index contributed by atoms with van der Waals surface area (Å²) >= 11 is 0.